The van der Waals surface area contributed by atoms with Gasteiger partial charge in [0.05, 0.1) is 20.9 Å². The van der Waals surface area contributed by atoms with Gasteiger partial charge in [0.15, 0.2) is 0 Å². The number of rotatable bonds is 5. The second-order valence-corrected chi connectivity index (χ2v) is 10.7. The number of carbonyl (C=O) groups is 1. The molecule has 1 aromatic carbocycles. The Morgan fingerprint density at radius 2 is 1.86 bits per heavy atom. The van der Waals surface area contributed by atoms with Gasteiger partial charge in [0.25, 0.3) is 21.5 Å². The van der Waals surface area contributed by atoms with E-state index in [1.807, 2.05) is 13.0 Å². The van der Waals surface area contributed by atoms with Crippen LogP contribution >= 0.6 is 11.3 Å². The summed E-state index contributed by atoms with van der Waals surface area (Å²) < 4.78 is 34.1. The summed E-state index contributed by atoms with van der Waals surface area (Å²) >= 11 is 1.12. The van der Waals surface area contributed by atoms with E-state index in [4.69, 9.17) is 4.52 Å². The Bertz CT molecular complexity index is 1780. The van der Waals surface area contributed by atoms with Crippen LogP contribution in [0.1, 0.15) is 26.5 Å². The van der Waals surface area contributed by atoms with Crippen LogP contribution in [0.3, 0.4) is 0 Å². The molecule has 4 heterocycles. The van der Waals surface area contributed by atoms with Crippen molar-refractivity contribution in [3.8, 4) is 0 Å². The van der Waals surface area contributed by atoms with E-state index in [1.165, 1.54) is 34.7 Å². The zero-order valence-electron chi connectivity index (χ0n) is 18.8. The second kappa shape index (κ2) is 8.32. The van der Waals surface area contributed by atoms with Crippen LogP contribution in [0.25, 0.3) is 15.9 Å². The largest absolute Gasteiger partial charge is 0.337 e. The molecule has 5 aromatic rings. The molecule has 1 amide bonds. The molecule has 0 aliphatic rings. The maximum absolute atomic E-state index is 12.8. The molecule has 178 valence electrons. The Kier molecular flexibility index (Phi) is 5.41. The number of benzene rings is 1. The molecule has 0 radical (unpaired) electrons. The van der Waals surface area contributed by atoms with E-state index in [0.717, 1.165) is 16.9 Å². The minimum Gasteiger partial charge on any atom is -0.337 e. The molecule has 4 aromatic heterocycles. The van der Waals surface area contributed by atoms with Crippen molar-refractivity contribution in [1.29, 1.82) is 0 Å². The highest BCUT2D eigenvalue weighted by molar-refractivity contribution is 7.92. The first-order valence-corrected chi connectivity index (χ1v) is 12.7. The fourth-order valence-electron chi connectivity index (χ4n) is 3.47. The molecule has 0 bridgehead atoms. The lowest BCUT2D eigenvalue weighted by molar-refractivity contribution is 0.103. The molecule has 0 unspecified atom stereocenters. The molecule has 5 rings (SSSR count). The van der Waals surface area contributed by atoms with E-state index in [2.05, 4.69) is 20.2 Å². The first kappa shape index (κ1) is 22.7. The third-order valence-corrected chi connectivity index (χ3v) is 7.94. The minimum absolute atomic E-state index is 0.00917. The number of pyridine rings is 1. The fraction of sp³-hybridized carbons (Fsp3) is 0.130. The second-order valence-electron chi connectivity index (χ2n) is 7.94. The minimum atomic E-state index is -3.90. The molecule has 0 spiro atoms. The molecular formula is C23H19N5O5S2. The Morgan fingerprint density at radius 3 is 2.54 bits per heavy atom. The number of carbonyl (C=O) groups excluding carboxylic acids is 1. The van der Waals surface area contributed by atoms with E-state index >= 15 is 0 Å². The Hall–Kier alpha value is -4.03. The highest BCUT2D eigenvalue weighted by Gasteiger charge is 2.20. The van der Waals surface area contributed by atoms with Gasteiger partial charge in [-0.05, 0) is 62.7 Å². The average Bonchev–Trinajstić information content (AvgIpc) is 3.39. The van der Waals surface area contributed by atoms with Crippen molar-refractivity contribution in [3.05, 3.63) is 80.7 Å². The van der Waals surface area contributed by atoms with Crippen LogP contribution in [0.5, 0.6) is 0 Å². The van der Waals surface area contributed by atoms with Gasteiger partial charge in [0.2, 0.25) is 5.88 Å². The molecule has 0 atom stereocenters. The summed E-state index contributed by atoms with van der Waals surface area (Å²) in [5.41, 5.74) is 2.72. The Morgan fingerprint density at radius 1 is 1.11 bits per heavy atom. The number of amides is 1. The number of nitrogens with one attached hydrogen (secondary N) is 2. The third kappa shape index (κ3) is 4.06. The molecule has 35 heavy (non-hydrogen) atoms. The predicted octanol–water partition coefficient (Wildman–Crippen LogP) is 3.88. The highest BCUT2D eigenvalue weighted by atomic mass is 32.2. The van der Waals surface area contributed by atoms with Crippen LogP contribution in [-0.2, 0) is 10.0 Å². The number of hydrogen-bond acceptors (Lipinski definition) is 8. The van der Waals surface area contributed by atoms with Gasteiger partial charge in [0, 0.05) is 17.4 Å². The van der Waals surface area contributed by atoms with Gasteiger partial charge in [-0.2, -0.15) is 0 Å². The van der Waals surface area contributed by atoms with Crippen molar-refractivity contribution in [1.82, 2.24) is 14.5 Å². The Labute approximate surface area is 203 Å². The van der Waals surface area contributed by atoms with Gasteiger partial charge in [-0.25, -0.2) is 18.1 Å². The van der Waals surface area contributed by atoms with E-state index < -0.39 is 15.9 Å². The number of hydrogen-bond donors (Lipinski definition) is 2. The van der Waals surface area contributed by atoms with Gasteiger partial charge in [0.1, 0.15) is 10.5 Å². The van der Waals surface area contributed by atoms with E-state index in [1.54, 1.807) is 26.1 Å². The number of thiophene rings is 1. The van der Waals surface area contributed by atoms with Crippen LogP contribution in [0.15, 0.2) is 62.9 Å². The summed E-state index contributed by atoms with van der Waals surface area (Å²) in [5.74, 6) is -0.378. The zero-order chi connectivity index (χ0) is 24.9. The number of anilines is 2. The van der Waals surface area contributed by atoms with Gasteiger partial charge < -0.3 is 9.84 Å². The molecule has 0 aliphatic heterocycles. The lowest BCUT2D eigenvalue weighted by atomic mass is 10.2. The lowest BCUT2D eigenvalue weighted by Gasteiger charge is -2.07. The first-order chi connectivity index (χ1) is 16.6. The molecule has 0 saturated carbocycles. The smallest absolute Gasteiger partial charge is 0.266 e. The van der Waals surface area contributed by atoms with Crippen LogP contribution in [0.4, 0.5) is 11.6 Å². The molecular weight excluding hydrogens is 490 g/mol. The van der Waals surface area contributed by atoms with Crippen molar-refractivity contribution in [2.24, 2.45) is 0 Å². The van der Waals surface area contributed by atoms with Gasteiger partial charge in [-0.15, -0.1) is 11.3 Å². The number of nitrogens with zero attached hydrogens (tertiary/aromatic N) is 3. The van der Waals surface area contributed by atoms with Gasteiger partial charge >= 0.3 is 0 Å². The van der Waals surface area contributed by atoms with Crippen molar-refractivity contribution in [3.63, 3.8) is 0 Å². The third-order valence-electron chi connectivity index (χ3n) is 5.56. The summed E-state index contributed by atoms with van der Waals surface area (Å²) in [6, 6.07) is 10.8. The summed E-state index contributed by atoms with van der Waals surface area (Å²) in [6.07, 6.45) is 1.64. The molecule has 2 N–H and O–H groups in total. The monoisotopic (exact) mass is 509 g/mol. The van der Waals surface area contributed by atoms with Crippen molar-refractivity contribution >= 4 is 54.7 Å². The summed E-state index contributed by atoms with van der Waals surface area (Å²) in [7, 11) is -3.90. The van der Waals surface area contributed by atoms with Crippen molar-refractivity contribution in [2.75, 3.05) is 10.0 Å². The molecule has 10 nitrogen and oxygen atoms in total. The number of fused-ring (bicyclic) bond motifs is 2. The van der Waals surface area contributed by atoms with Crippen molar-refractivity contribution < 1.29 is 17.7 Å². The summed E-state index contributed by atoms with van der Waals surface area (Å²) in [5, 5.41) is 6.82. The summed E-state index contributed by atoms with van der Waals surface area (Å²) in [4.78, 5) is 31.0. The van der Waals surface area contributed by atoms with Crippen LogP contribution in [0.2, 0.25) is 0 Å². The maximum atomic E-state index is 12.8. The highest BCUT2D eigenvalue weighted by Crippen LogP contribution is 2.25. The average molecular weight is 510 g/mol. The van der Waals surface area contributed by atoms with Gasteiger partial charge in [-0.3, -0.25) is 14.0 Å². The normalized spacial score (nSPS) is 11.7. The fourth-order valence-corrected chi connectivity index (χ4v) is 5.44. The quantitative estimate of drug-likeness (QED) is 0.367. The molecule has 0 fully saturated rings. The van der Waals surface area contributed by atoms with Crippen LogP contribution in [0, 0.1) is 20.8 Å². The van der Waals surface area contributed by atoms with E-state index in [9.17, 15) is 18.0 Å². The van der Waals surface area contributed by atoms with E-state index in [-0.39, 0.29) is 16.3 Å². The predicted molar refractivity (Wildman–Crippen MR) is 133 cm³/mol. The molecule has 12 heteroatoms. The maximum Gasteiger partial charge on any atom is 0.266 e. The topological polar surface area (TPSA) is 136 Å². The lowest BCUT2D eigenvalue weighted by Crippen LogP contribution is -2.15. The Balaban J connectivity index is 1.38. The molecule has 0 aliphatic carbocycles. The first-order valence-electron chi connectivity index (χ1n) is 10.4. The number of aromatic nitrogens is 3. The van der Waals surface area contributed by atoms with Crippen LogP contribution in [-0.4, -0.2) is 28.9 Å². The summed E-state index contributed by atoms with van der Waals surface area (Å²) in [6.45, 7) is 5.27. The van der Waals surface area contributed by atoms with Crippen LogP contribution < -0.4 is 15.6 Å². The number of aryl methyl sites for hydroxylation is 2. The SMILES string of the molecule is Cc1noc(NS(=O)(=O)c2ccc(NC(=O)c3cc4c(=O)n5cccc(C)c5nc4s3)cc2)c1C. The molecule has 0 saturated heterocycles. The van der Waals surface area contributed by atoms with E-state index in [0.29, 0.717) is 37.7 Å². The zero-order valence-corrected chi connectivity index (χ0v) is 20.5. The number of sulfonamides is 1. The van der Waals surface area contributed by atoms with Gasteiger partial charge in [-0.1, -0.05) is 11.2 Å². The van der Waals surface area contributed by atoms with Crippen molar-refractivity contribution in [2.45, 2.75) is 25.7 Å². The standard InChI is InChI=1S/C23H19N5O5S2/c1-12-5-4-10-28-19(12)25-22-17(23(28)30)11-18(34-22)20(29)24-15-6-8-16(9-7-15)35(31,32)27-21-13(2)14(3)26-33-21/h4-11,27H,1-3H3,(H,24,29).